The van der Waals surface area contributed by atoms with Crippen molar-refractivity contribution in [1.82, 2.24) is 9.97 Å². The third-order valence-electron chi connectivity index (χ3n) is 2.98. The van der Waals surface area contributed by atoms with Gasteiger partial charge >= 0.3 is 0 Å². The van der Waals surface area contributed by atoms with Gasteiger partial charge in [-0.1, -0.05) is 0 Å². The lowest BCUT2D eigenvalue weighted by Crippen LogP contribution is -2.18. The molecule has 0 spiro atoms. The lowest BCUT2D eigenvalue weighted by atomic mass is 10.2. The SMILES string of the molecule is Fc1cc2[nH]c(S)nc2cc1N1CCCC1. The number of hydrogen-bond donors (Lipinski definition) is 2. The number of nitrogens with zero attached hydrogens (tertiary/aromatic N) is 2. The summed E-state index contributed by atoms with van der Waals surface area (Å²) in [7, 11) is 0. The predicted octanol–water partition coefficient (Wildman–Crippen LogP) is 2.59. The van der Waals surface area contributed by atoms with Crippen LogP contribution in [-0.4, -0.2) is 23.1 Å². The van der Waals surface area contributed by atoms with Crippen molar-refractivity contribution in [2.75, 3.05) is 18.0 Å². The molecule has 2 heterocycles. The molecule has 0 saturated carbocycles. The number of halogens is 1. The number of H-pyrrole nitrogens is 1. The van der Waals surface area contributed by atoms with Gasteiger partial charge < -0.3 is 9.88 Å². The van der Waals surface area contributed by atoms with Crippen molar-refractivity contribution in [2.24, 2.45) is 0 Å². The van der Waals surface area contributed by atoms with E-state index in [2.05, 4.69) is 27.5 Å². The summed E-state index contributed by atoms with van der Waals surface area (Å²) in [5.74, 6) is -0.189. The van der Waals surface area contributed by atoms with Crippen LogP contribution in [0.2, 0.25) is 0 Å². The van der Waals surface area contributed by atoms with Crippen LogP contribution in [0.4, 0.5) is 10.1 Å². The summed E-state index contributed by atoms with van der Waals surface area (Å²) < 4.78 is 13.9. The van der Waals surface area contributed by atoms with Gasteiger partial charge in [-0.25, -0.2) is 9.37 Å². The fourth-order valence-electron chi connectivity index (χ4n) is 2.21. The van der Waals surface area contributed by atoms with Crippen molar-refractivity contribution in [3.8, 4) is 0 Å². The number of aromatic amines is 1. The average molecular weight is 237 g/mol. The van der Waals surface area contributed by atoms with Crippen molar-refractivity contribution in [3.05, 3.63) is 17.9 Å². The molecule has 1 aromatic heterocycles. The van der Waals surface area contributed by atoms with E-state index in [1.807, 2.05) is 0 Å². The number of fused-ring (bicyclic) bond motifs is 1. The number of nitrogens with one attached hydrogen (secondary N) is 1. The summed E-state index contributed by atoms with van der Waals surface area (Å²) in [5.41, 5.74) is 2.13. The summed E-state index contributed by atoms with van der Waals surface area (Å²) >= 11 is 4.12. The highest BCUT2D eigenvalue weighted by molar-refractivity contribution is 7.80. The van der Waals surface area contributed by atoms with Gasteiger partial charge in [0.15, 0.2) is 5.16 Å². The Labute approximate surface area is 98.1 Å². The lowest BCUT2D eigenvalue weighted by Gasteiger charge is -2.17. The van der Waals surface area contributed by atoms with Crippen LogP contribution in [0.3, 0.4) is 0 Å². The van der Waals surface area contributed by atoms with Crippen LogP contribution < -0.4 is 4.90 Å². The molecule has 84 valence electrons. The molecule has 16 heavy (non-hydrogen) atoms. The third kappa shape index (κ3) is 1.55. The van der Waals surface area contributed by atoms with Gasteiger partial charge in [0.25, 0.3) is 0 Å². The number of hydrogen-bond acceptors (Lipinski definition) is 3. The Morgan fingerprint density at radius 1 is 1.31 bits per heavy atom. The zero-order chi connectivity index (χ0) is 11.1. The molecule has 1 aliphatic heterocycles. The second-order valence-electron chi connectivity index (χ2n) is 4.08. The lowest BCUT2D eigenvalue weighted by molar-refractivity contribution is 0.624. The van der Waals surface area contributed by atoms with Crippen molar-refractivity contribution in [1.29, 1.82) is 0 Å². The standard InChI is InChI=1S/C11H12FN3S/c12-7-5-8-9(14-11(16)13-8)6-10(7)15-3-1-2-4-15/h5-6H,1-4H2,(H2,13,14,16). The normalized spacial score (nSPS) is 16.2. The van der Waals surface area contributed by atoms with E-state index in [1.54, 1.807) is 6.07 Å². The largest absolute Gasteiger partial charge is 0.369 e. The molecule has 0 aliphatic carbocycles. The number of aromatic nitrogens is 2. The number of imidazole rings is 1. The summed E-state index contributed by atoms with van der Waals surface area (Å²) in [6, 6.07) is 3.29. The van der Waals surface area contributed by atoms with E-state index in [-0.39, 0.29) is 5.82 Å². The maximum absolute atomic E-state index is 13.9. The minimum atomic E-state index is -0.189. The van der Waals surface area contributed by atoms with E-state index >= 15 is 0 Å². The summed E-state index contributed by atoms with van der Waals surface area (Å²) in [4.78, 5) is 9.18. The van der Waals surface area contributed by atoms with Gasteiger partial charge in [-0.05, 0) is 18.9 Å². The Kier molecular flexibility index (Phi) is 2.28. The molecular weight excluding hydrogens is 225 g/mol. The first kappa shape index (κ1) is 9.96. The molecule has 0 atom stereocenters. The average Bonchev–Trinajstić information content (AvgIpc) is 2.83. The van der Waals surface area contributed by atoms with Crippen LogP contribution in [-0.2, 0) is 0 Å². The van der Waals surface area contributed by atoms with Crippen LogP contribution in [0.15, 0.2) is 17.3 Å². The first-order valence-electron chi connectivity index (χ1n) is 5.37. The van der Waals surface area contributed by atoms with Crippen LogP contribution in [0.5, 0.6) is 0 Å². The second kappa shape index (κ2) is 3.66. The minimum absolute atomic E-state index is 0.189. The van der Waals surface area contributed by atoms with Crippen LogP contribution in [0.1, 0.15) is 12.8 Å². The molecule has 1 fully saturated rings. The summed E-state index contributed by atoms with van der Waals surface area (Å²) in [6.45, 7) is 1.86. The van der Waals surface area contributed by atoms with E-state index in [0.717, 1.165) is 31.4 Å². The van der Waals surface area contributed by atoms with Crippen molar-refractivity contribution < 1.29 is 4.39 Å². The molecule has 0 radical (unpaired) electrons. The molecule has 2 aromatic rings. The van der Waals surface area contributed by atoms with E-state index in [0.29, 0.717) is 16.4 Å². The molecule has 1 aromatic carbocycles. The van der Waals surface area contributed by atoms with Crippen molar-refractivity contribution in [2.45, 2.75) is 18.0 Å². The third-order valence-corrected chi connectivity index (χ3v) is 3.20. The number of benzene rings is 1. The fourth-order valence-corrected chi connectivity index (χ4v) is 2.43. The van der Waals surface area contributed by atoms with Gasteiger partial charge in [0.05, 0.1) is 16.7 Å². The summed E-state index contributed by atoms with van der Waals surface area (Å²) in [5, 5.41) is 0.521. The van der Waals surface area contributed by atoms with E-state index in [4.69, 9.17) is 0 Å². The highest BCUT2D eigenvalue weighted by atomic mass is 32.1. The molecular formula is C11H12FN3S. The Bertz CT molecular complexity index is 531. The molecule has 1 saturated heterocycles. The first-order valence-corrected chi connectivity index (χ1v) is 5.82. The topological polar surface area (TPSA) is 31.9 Å². The Balaban J connectivity index is 2.12. The fraction of sp³-hybridized carbons (Fsp3) is 0.364. The highest BCUT2D eigenvalue weighted by Gasteiger charge is 2.17. The quantitative estimate of drug-likeness (QED) is 0.747. The maximum Gasteiger partial charge on any atom is 0.163 e. The number of rotatable bonds is 1. The van der Waals surface area contributed by atoms with Gasteiger partial charge in [-0.2, -0.15) is 0 Å². The molecule has 0 unspecified atom stereocenters. The minimum Gasteiger partial charge on any atom is -0.369 e. The molecule has 0 amide bonds. The number of thiol groups is 1. The highest BCUT2D eigenvalue weighted by Crippen LogP contribution is 2.27. The van der Waals surface area contributed by atoms with Gasteiger partial charge in [-0.15, -0.1) is 12.6 Å². The zero-order valence-electron chi connectivity index (χ0n) is 8.70. The molecule has 3 rings (SSSR count). The Morgan fingerprint density at radius 2 is 2.06 bits per heavy atom. The van der Waals surface area contributed by atoms with Gasteiger partial charge in [0.2, 0.25) is 0 Å². The first-order chi connectivity index (χ1) is 7.74. The van der Waals surface area contributed by atoms with Crippen molar-refractivity contribution in [3.63, 3.8) is 0 Å². The van der Waals surface area contributed by atoms with E-state index in [9.17, 15) is 4.39 Å². The van der Waals surface area contributed by atoms with Crippen molar-refractivity contribution >= 4 is 29.3 Å². The van der Waals surface area contributed by atoms with E-state index in [1.165, 1.54) is 6.07 Å². The van der Waals surface area contributed by atoms with Crippen LogP contribution in [0, 0.1) is 5.82 Å². The summed E-state index contributed by atoms with van der Waals surface area (Å²) in [6.07, 6.45) is 2.27. The molecule has 5 heteroatoms. The number of anilines is 1. The monoisotopic (exact) mass is 237 g/mol. The van der Waals surface area contributed by atoms with Gasteiger partial charge in [0, 0.05) is 19.2 Å². The predicted molar refractivity (Wildman–Crippen MR) is 64.8 cm³/mol. The molecule has 1 aliphatic rings. The Morgan fingerprint density at radius 3 is 2.81 bits per heavy atom. The zero-order valence-corrected chi connectivity index (χ0v) is 9.60. The van der Waals surface area contributed by atoms with Gasteiger partial charge in [0.1, 0.15) is 5.82 Å². The van der Waals surface area contributed by atoms with Gasteiger partial charge in [-0.3, -0.25) is 0 Å². The smallest absolute Gasteiger partial charge is 0.163 e. The van der Waals surface area contributed by atoms with E-state index < -0.39 is 0 Å². The van der Waals surface area contributed by atoms with Crippen LogP contribution in [0.25, 0.3) is 11.0 Å². The maximum atomic E-state index is 13.9. The molecule has 0 bridgehead atoms. The molecule has 3 nitrogen and oxygen atoms in total. The van der Waals surface area contributed by atoms with Crippen LogP contribution >= 0.6 is 12.6 Å². The Hall–Kier alpha value is -1.23. The second-order valence-corrected chi connectivity index (χ2v) is 4.50. The molecule has 1 N–H and O–H groups in total.